The molecule has 4 heteroatoms. The molecule has 14 heavy (non-hydrogen) atoms. The molecule has 1 aliphatic heterocycles. The highest BCUT2D eigenvalue weighted by Crippen LogP contribution is 2.28. The second-order valence-corrected chi connectivity index (χ2v) is 4.40. The normalized spacial score (nSPS) is 21.5. The highest BCUT2D eigenvalue weighted by molar-refractivity contribution is 7.10. The molecule has 0 fully saturated rings. The highest BCUT2D eigenvalue weighted by Gasteiger charge is 2.16. The minimum atomic E-state index is 0.279. The molecule has 1 aliphatic rings. The van der Waals surface area contributed by atoms with E-state index in [2.05, 4.69) is 28.7 Å². The van der Waals surface area contributed by atoms with Gasteiger partial charge in [-0.05, 0) is 29.9 Å². The first-order chi connectivity index (χ1) is 6.79. The Morgan fingerprint density at radius 2 is 2.57 bits per heavy atom. The van der Waals surface area contributed by atoms with E-state index in [1.165, 1.54) is 10.4 Å². The smallest absolute Gasteiger partial charge is 0.189 e. The van der Waals surface area contributed by atoms with Gasteiger partial charge in [-0.1, -0.05) is 6.92 Å². The molecule has 0 amide bonds. The summed E-state index contributed by atoms with van der Waals surface area (Å²) in [4.78, 5) is 5.73. The summed E-state index contributed by atoms with van der Waals surface area (Å²) < 4.78 is 0. The molecule has 3 nitrogen and oxygen atoms in total. The van der Waals surface area contributed by atoms with E-state index >= 15 is 0 Å². The van der Waals surface area contributed by atoms with E-state index in [1.54, 1.807) is 11.3 Å². The topological polar surface area (TPSA) is 50.4 Å². The molecule has 3 N–H and O–H groups in total. The maximum Gasteiger partial charge on any atom is 0.189 e. The van der Waals surface area contributed by atoms with Crippen molar-refractivity contribution in [2.45, 2.75) is 25.8 Å². The van der Waals surface area contributed by atoms with Crippen LogP contribution in [0.3, 0.4) is 0 Å². The van der Waals surface area contributed by atoms with E-state index < -0.39 is 0 Å². The lowest BCUT2D eigenvalue weighted by molar-refractivity contribution is 0.608. The lowest BCUT2D eigenvalue weighted by Crippen LogP contribution is -2.36. The molecular weight excluding hydrogens is 194 g/mol. The molecule has 0 spiro atoms. The van der Waals surface area contributed by atoms with Crippen LogP contribution in [0.1, 0.15) is 29.8 Å². The van der Waals surface area contributed by atoms with Crippen LogP contribution in [0, 0.1) is 0 Å². The number of nitrogens with two attached hydrogens (primary N) is 1. The highest BCUT2D eigenvalue weighted by atomic mass is 32.1. The van der Waals surface area contributed by atoms with Gasteiger partial charge in [-0.3, -0.25) is 0 Å². The largest absolute Gasteiger partial charge is 0.370 e. The van der Waals surface area contributed by atoms with Gasteiger partial charge in [0.1, 0.15) is 0 Å². The number of hydrogen-bond acceptors (Lipinski definition) is 4. The fourth-order valence-electron chi connectivity index (χ4n) is 1.58. The molecule has 0 aliphatic carbocycles. The van der Waals surface area contributed by atoms with E-state index in [-0.39, 0.29) is 6.04 Å². The van der Waals surface area contributed by atoms with Gasteiger partial charge in [0.2, 0.25) is 0 Å². The molecule has 76 valence electrons. The molecule has 2 rings (SSSR count). The number of guanidine groups is 1. The minimum Gasteiger partial charge on any atom is -0.370 e. The minimum absolute atomic E-state index is 0.279. The number of nitrogens with one attached hydrogen (secondary N) is 1. The van der Waals surface area contributed by atoms with Crippen molar-refractivity contribution >= 4 is 17.3 Å². The van der Waals surface area contributed by atoms with Gasteiger partial charge < -0.3 is 11.1 Å². The third-order valence-electron chi connectivity index (χ3n) is 2.43. The molecule has 1 atom stereocenters. The summed E-state index contributed by atoms with van der Waals surface area (Å²) in [5.41, 5.74) is 7.05. The van der Waals surface area contributed by atoms with Crippen LogP contribution in [0.4, 0.5) is 0 Å². The van der Waals surface area contributed by atoms with E-state index in [4.69, 9.17) is 5.73 Å². The maximum absolute atomic E-state index is 5.65. The van der Waals surface area contributed by atoms with E-state index in [1.807, 2.05) is 0 Å². The Kier molecular flexibility index (Phi) is 2.72. The summed E-state index contributed by atoms with van der Waals surface area (Å²) >= 11 is 1.79. The first kappa shape index (κ1) is 9.52. The number of aryl methyl sites for hydroxylation is 1. The zero-order chi connectivity index (χ0) is 9.97. The lowest BCUT2D eigenvalue weighted by Gasteiger charge is -2.18. The molecule has 0 radical (unpaired) electrons. The van der Waals surface area contributed by atoms with Crippen LogP contribution in [0.5, 0.6) is 0 Å². The van der Waals surface area contributed by atoms with Crippen molar-refractivity contribution in [3.8, 4) is 0 Å². The van der Waals surface area contributed by atoms with Crippen LogP contribution in [-0.2, 0) is 6.42 Å². The van der Waals surface area contributed by atoms with Gasteiger partial charge in [0.25, 0.3) is 0 Å². The van der Waals surface area contributed by atoms with Crippen molar-refractivity contribution in [1.82, 2.24) is 5.32 Å². The summed E-state index contributed by atoms with van der Waals surface area (Å²) in [6.45, 7) is 3.10. The summed E-state index contributed by atoms with van der Waals surface area (Å²) in [7, 11) is 0. The molecule has 0 aromatic carbocycles. The standard InChI is InChI=1S/C10H15N3S/c1-2-7-5-9(14-6-7)8-3-4-12-10(11)13-8/h5-6,8H,2-4H2,1H3,(H3,11,12,13). The third-order valence-corrected chi connectivity index (χ3v) is 3.51. The Hall–Kier alpha value is -1.03. The van der Waals surface area contributed by atoms with Crippen LogP contribution in [0.2, 0.25) is 0 Å². The summed E-state index contributed by atoms with van der Waals surface area (Å²) in [5, 5.41) is 5.25. The second-order valence-electron chi connectivity index (χ2n) is 3.46. The van der Waals surface area contributed by atoms with E-state index in [0.29, 0.717) is 5.96 Å². The van der Waals surface area contributed by atoms with Crippen molar-refractivity contribution in [3.05, 3.63) is 21.9 Å². The Morgan fingerprint density at radius 3 is 3.21 bits per heavy atom. The zero-order valence-electron chi connectivity index (χ0n) is 8.29. The van der Waals surface area contributed by atoms with Gasteiger partial charge in [0.05, 0.1) is 6.04 Å². The van der Waals surface area contributed by atoms with Crippen LogP contribution in [0.15, 0.2) is 16.4 Å². The third kappa shape index (κ3) is 1.90. The fourth-order valence-corrected chi connectivity index (χ4v) is 2.64. The summed E-state index contributed by atoms with van der Waals surface area (Å²) in [5.74, 6) is 0.577. The summed E-state index contributed by atoms with van der Waals surface area (Å²) in [6, 6.07) is 2.53. The SMILES string of the molecule is CCc1csc(C2CCNC(N)=N2)c1. The first-order valence-corrected chi connectivity index (χ1v) is 5.82. The monoisotopic (exact) mass is 209 g/mol. The van der Waals surface area contributed by atoms with Crippen LogP contribution >= 0.6 is 11.3 Å². The molecule has 0 saturated carbocycles. The molecular formula is C10H15N3S. The van der Waals surface area contributed by atoms with Gasteiger partial charge in [-0.15, -0.1) is 11.3 Å². The van der Waals surface area contributed by atoms with E-state index in [0.717, 1.165) is 19.4 Å². The summed E-state index contributed by atoms with van der Waals surface area (Å²) in [6.07, 6.45) is 2.14. The van der Waals surface area contributed by atoms with E-state index in [9.17, 15) is 0 Å². The van der Waals surface area contributed by atoms with Gasteiger partial charge in [-0.2, -0.15) is 0 Å². The average molecular weight is 209 g/mol. The number of aliphatic imine (C=N–C) groups is 1. The van der Waals surface area contributed by atoms with Gasteiger partial charge in [-0.25, -0.2) is 4.99 Å². The molecule has 2 heterocycles. The number of hydrogen-bond donors (Lipinski definition) is 2. The Balaban J connectivity index is 2.18. The predicted octanol–water partition coefficient (Wildman–Crippen LogP) is 1.66. The number of rotatable bonds is 2. The molecule has 1 aromatic rings. The van der Waals surface area contributed by atoms with Crippen LogP contribution in [-0.4, -0.2) is 12.5 Å². The van der Waals surface area contributed by atoms with Gasteiger partial charge in [0, 0.05) is 11.4 Å². The van der Waals surface area contributed by atoms with Gasteiger partial charge in [0.15, 0.2) is 5.96 Å². The Bertz CT molecular complexity index is 343. The zero-order valence-corrected chi connectivity index (χ0v) is 9.10. The average Bonchev–Trinajstić information content (AvgIpc) is 2.66. The molecule has 1 aromatic heterocycles. The van der Waals surface area contributed by atoms with Crippen molar-refractivity contribution in [1.29, 1.82) is 0 Å². The van der Waals surface area contributed by atoms with Crippen molar-refractivity contribution in [2.75, 3.05) is 6.54 Å². The van der Waals surface area contributed by atoms with Crippen LogP contribution in [0.25, 0.3) is 0 Å². The number of thiophene rings is 1. The first-order valence-electron chi connectivity index (χ1n) is 4.94. The molecule has 0 saturated heterocycles. The van der Waals surface area contributed by atoms with Crippen LogP contribution < -0.4 is 11.1 Å². The maximum atomic E-state index is 5.65. The Morgan fingerprint density at radius 1 is 1.71 bits per heavy atom. The molecule has 1 unspecified atom stereocenters. The fraction of sp³-hybridized carbons (Fsp3) is 0.500. The quantitative estimate of drug-likeness (QED) is 0.778. The lowest BCUT2D eigenvalue weighted by atomic mass is 10.1. The molecule has 0 bridgehead atoms. The van der Waals surface area contributed by atoms with Crippen molar-refractivity contribution < 1.29 is 0 Å². The predicted molar refractivity (Wildman–Crippen MR) is 60.7 cm³/mol. The Labute approximate surface area is 88.0 Å². The van der Waals surface area contributed by atoms with Crippen molar-refractivity contribution in [2.24, 2.45) is 10.7 Å². The van der Waals surface area contributed by atoms with Crippen molar-refractivity contribution in [3.63, 3.8) is 0 Å². The van der Waals surface area contributed by atoms with Gasteiger partial charge >= 0.3 is 0 Å². The second kappa shape index (κ2) is 4.00. The number of nitrogens with zero attached hydrogens (tertiary/aromatic N) is 1.